The van der Waals surface area contributed by atoms with Crippen molar-refractivity contribution in [1.29, 1.82) is 0 Å². The number of nitrogens with two attached hydrogens (primary N) is 1. The van der Waals surface area contributed by atoms with Crippen LogP contribution in [0.15, 0.2) is 12.1 Å². The van der Waals surface area contributed by atoms with Crippen LogP contribution in [0.25, 0.3) is 0 Å². The molecule has 0 aromatic heterocycles. The van der Waals surface area contributed by atoms with Crippen molar-refractivity contribution in [3.8, 4) is 0 Å². The van der Waals surface area contributed by atoms with Crippen LogP contribution in [0.3, 0.4) is 0 Å². The Balaban J connectivity index is 2.40. The fraction of sp³-hybridized carbons (Fsp3) is 0.500. The number of rotatable bonds is 3. The standard InChI is InChI=1S/C14H19ClN2O2S/c1-2-19-14(18)11-8-10(16)9-12(15)13(11)17-4-3-6-20-7-5-17/h8-9H,2-7,16H2,1H3. The van der Waals surface area contributed by atoms with E-state index in [0.717, 1.165) is 36.7 Å². The Bertz CT molecular complexity index is 488. The quantitative estimate of drug-likeness (QED) is 0.686. The SMILES string of the molecule is CCOC(=O)c1cc(N)cc(Cl)c1N1CCCSCC1. The number of hydrogen-bond acceptors (Lipinski definition) is 5. The summed E-state index contributed by atoms with van der Waals surface area (Å²) in [5, 5.41) is 0.514. The van der Waals surface area contributed by atoms with Crippen molar-refractivity contribution in [1.82, 2.24) is 0 Å². The minimum atomic E-state index is -0.367. The van der Waals surface area contributed by atoms with Gasteiger partial charge in [-0.15, -0.1) is 0 Å². The van der Waals surface area contributed by atoms with Gasteiger partial charge in [-0.05, 0) is 31.2 Å². The Labute approximate surface area is 128 Å². The normalized spacial score (nSPS) is 15.8. The van der Waals surface area contributed by atoms with Gasteiger partial charge in [0.1, 0.15) is 0 Å². The Hall–Kier alpha value is -1.07. The first-order chi connectivity index (χ1) is 9.63. The highest BCUT2D eigenvalue weighted by Crippen LogP contribution is 2.34. The number of anilines is 2. The summed E-state index contributed by atoms with van der Waals surface area (Å²) < 4.78 is 5.12. The maximum atomic E-state index is 12.1. The summed E-state index contributed by atoms with van der Waals surface area (Å²) in [6, 6.07) is 3.34. The highest BCUT2D eigenvalue weighted by molar-refractivity contribution is 7.99. The summed E-state index contributed by atoms with van der Waals surface area (Å²) >= 11 is 8.25. The first-order valence-electron chi connectivity index (χ1n) is 6.72. The molecule has 1 fully saturated rings. The van der Waals surface area contributed by atoms with Gasteiger partial charge in [0.25, 0.3) is 0 Å². The highest BCUT2D eigenvalue weighted by Gasteiger charge is 2.22. The molecule has 1 aromatic rings. The zero-order valence-electron chi connectivity index (χ0n) is 11.5. The van der Waals surface area contributed by atoms with Crippen molar-refractivity contribution >= 4 is 40.7 Å². The summed E-state index contributed by atoms with van der Waals surface area (Å²) in [4.78, 5) is 14.3. The number of carbonyl (C=O) groups excluding carboxylic acids is 1. The monoisotopic (exact) mass is 314 g/mol. The van der Waals surface area contributed by atoms with E-state index in [2.05, 4.69) is 4.90 Å². The Morgan fingerprint density at radius 3 is 3.00 bits per heavy atom. The molecule has 0 atom stereocenters. The fourth-order valence-corrected chi connectivity index (χ4v) is 3.51. The van der Waals surface area contributed by atoms with Crippen LogP contribution in [0.2, 0.25) is 5.02 Å². The number of benzene rings is 1. The smallest absolute Gasteiger partial charge is 0.340 e. The van der Waals surface area contributed by atoms with Crippen LogP contribution in [0, 0.1) is 0 Å². The largest absolute Gasteiger partial charge is 0.462 e. The number of esters is 1. The van der Waals surface area contributed by atoms with Crippen LogP contribution in [0.5, 0.6) is 0 Å². The van der Waals surface area contributed by atoms with Gasteiger partial charge in [0.15, 0.2) is 0 Å². The zero-order chi connectivity index (χ0) is 14.5. The molecule has 0 aliphatic carbocycles. The molecule has 1 aliphatic rings. The molecular weight excluding hydrogens is 296 g/mol. The van der Waals surface area contributed by atoms with E-state index >= 15 is 0 Å². The number of nitrogen functional groups attached to an aromatic ring is 1. The van der Waals surface area contributed by atoms with Gasteiger partial charge in [-0.1, -0.05) is 11.6 Å². The molecule has 1 aliphatic heterocycles. The molecule has 0 unspecified atom stereocenters. The molecule has 1 heterocycles. The number of carbonyl (C=O) groups is 1. The van der Waals surface area contributed by atoms with Crippen LogP contribution < -0.4 is 10.6 Å². The molecule has 20 heavy (non-hydrogen) atoms. The van der Waals surface area contributed by atoms with Crippen LogP contribution in [-0.4, -0.2) is 37.2 Å². The molecule has 0 amide bonds. The molecular formula is C14H19ClN2O2S. The average Bonchev–Trinajstić information content (AvgIpc) is 2.67. The summed E-state index contributed by atoms with van der Waals surface area (Å²) in [7, 11) is 0. The lowest BCUT2D eigenvalue weighted by Crippen LogP contribution is -2.28. The van der Waals surface area contributed by atoms with E-state index in [1.54, 1.807) is 19.1 Å². The van der Waals surface area contributed by atoms with E-state index in [0.29, 0.717) is 22.9 Å². The van der Waals surface area contributed by atoms with E-state index in [9.17, 15) is 4.79 Å². The third-order valence-electron chi connectivity index (χ3n) is 3.12. The molecule has 0 spiro atoms. The van der Waals surface area contributed by atoms with Gasteiger partial charge in [-0.25, -0.2) is 4.79 Å². The van der Waals surface area contributed by atoms with E-state index in [1.807, 2.05) is 11.8 Å². The molecule has 1 aromatic carbocycles. The van der Waals surface area contributed by atoms with Crippen molar-refractivity contribution < 1.29 is 9.53 Å². The van der Waals surface area contributed by atoms with Gasteiger partial charge in [-0.3, -0.25) is 0 Å². The molecule has 1 saturated heterocycles. The Morgan fingerprint density at radius 1 is 1.45 bits per heavy atom. The first kappa shape index (κ1) is 15.3. The van der Waals surface area contributed by atoms with Gasteiger partial charge in [0.2, 0.25) is 0 Å². The molecule has 2 rings (SSSR count). The maximum Gasteiger partial charge on any atom is 0.340 e. The van der Waals surface area contributed by atoms with Gasteiger partial charge >= 0.3 is 5.97 Å². The first-order valence-corrected chi connectivity index (χ1v) is 8.25. The highest BCUT2D eigenvalue weighted by atomic mass is 35.5. The molecule has 0 saturated carbocycles. The lowest BCUT2D eigenvalue weighted by atomic mass is 10.1. The fourth-order valence-electron chi connectivity index (χ4n) is 2.28. The van der Waals surface area contributed by atoms with Crippen molar-refractivity contribution in [3.63, 3.8) is 0 Å². The van der Waals surface area contributed by atoms with Gasteiger partial charge in [0, 0.05) is 24.5 Å². The topological polar surface area (TPSA) is 55.6 Å². The number of thioether (sulfide) groups is 1. The second-order valence-corrected chi connectivity index (χ2v) is 6.20. The van der Waals surface area contributed by atoms with Crippen LogP contribution in [0.4, 0.5) is 11.4 Å². The zero-order valence-corrected chi connectivity index (χ0v) is 13.1. The van der Waals surface area contributed by atoms with E-state index in [4.69, 9.17) is 22.1 Å². The molecule has 110 valence electrons. The molecule has 0 radical (unpaired) electrons. The molecule has 4 nitrogen and oxygen atoms in total. The number of hydrogen-bond donors (Lipinski definition) is 1. The summed E-state index contributed by atoms with van der Waals surface area (Å²) in [5.74, 6) is 1.80. The molecule has 6 heteroatoms. The second kappa shape index (κ2) is 7.09. The second-order valence-electron chi connectivity index (χ2n) is 4.57. The number of ether oxygens (including phenoxy) is 1. The predicted molar refractivity (Wildman–Crippen MR) is 86.0 cm³/mol. The van der Waals surface area contributed by atoms with Crippen molar-refractivity contribution in [2.24, 2.45) is 0 Å². The van der Waals surface area contributed by atoms with E-state index in [1.165, 1.54) is 0 Å². The maximum absolute atomic E-state index is 12.1. The molecule has 2 N–H and O–H groups in total. The van der Waals surface area contributed by atoms with Gasteiger partial charge in [-0.2, -0.15) is 11.8 Å². The molecule has 0 bridgehead atoms. The Morgan fingerprint density at radius 2 is 2.25 bits per heavy atom. The van der Waals surface area contributed by atoms with Crippen molar-refractivity contribution in [2.75, 3.05) is 41.8 Å². The Kier molecular flexibility index (Phi) is 5.43. The lowest BCUT2D eigenvalue weighted by Gasteiger charge is -2.26. The van der Waals surface area contributed by atoms with Crippen LogP contribution in [-0.2, 0) is 4.74 Å². The van der Waals surface area contributed by atoms with Crippen molar-refractivity contribution in [3.05, 3.63) is 22.7 Å². The number of nitrogens with zero attached hydrogens (tertiary/aromatic N) is 1. The van der Waals surface area contributed by atoms with E-state index in [-0.39, 0.29) is 5.97 Å². The predicted octanol–water partition coefficient (Wildman–Crippen LogP) is 3.04. The minimum Gasteiger partial charge on any atom is -0.462 e. The van der Waals surface area contributed by atoms with E-state index < -0.39 is 0 Å². The minimum absolute atomic E-state index is 0.334. The van der Waals surface area contributed by atoms with Gasteiger partial charge in [0.05, 0.1) is 22.9 Å². The van der Waals surface area contributed by atoms with Gasteiger partial charge < -0.3 is 15.4 Å². The van der Waals surface area contributed by atoms with Crippen molar-refractivity contribution in [2.45, 2.75) is 13.3 Å². The third-order valence-corrected chi connectivity index (χ3v) is 4.46. The third kappa shape index (κ3) is 3.52. The summed E-state index contributed by atoms with van der Waals surface area (Å²) in [6.07, 6.45) is 1.08. The summed E-state index contributed by atoms with van der Waals surface area (Å²) in [6.45, 7) is 3.89. The summed E-state index contributed by atoms with van der Waals surface area (Å²) in [5.41, 5.74) is 7.50. The van der Waals surface area contributed by atoms with Crippen LogP contribution in [0.1, 0.15) is 23.7 Å². The lowest BCUT2D eigenvalue weighted by molar-refractivity contribution is 0.0527. The number of halogens is 1. The van der Waals surface area contributed by atoms with Crippen LogP contribution >= 0.6 is 23.4 Å². The average molecular weight is 315 g/mol.